The van der Waals surface area contributed by atoms with Crippen molar-refractivity contribution in [1.29, 1.82) is 0 Å². The van der Waals surface area contributed by atoms with Crippen LogP contribution < -0.4 is 0 Å². The lowest BCUT2D eigenvalue weighted by atomic mass is 9.52. The predicted molar refractivity (Wildman–Crippen MR) is 83.9 cm³/mol. The lowest BCUT2D eigenvalue weighted by Crippen LogP contribution is -2.52. The highest BCUT2D eigenvalue weighted by Gasteiger charge is 2.63. The summed E-state index contributed by atoms with van der Waals surface area (Å²) in [5, 5.41) is 19.7. The minimum absolute atomic E-state index is 0.0922. The standard InChI is InChI=1S/C19H22F4O2/c1-18-7-11(25)6-13(18)17-14(19(21,22)23)5-9-4-10(24)2-3-12(9)16(17)15(20)8-18/h2-4,11,13-17,24-25H,5-8H2,1H3/t11-,13+,14-,15+,16+,17-,18+/m1/s1. The quantitative estimate of drug-likeness (QED) is 0.677. The Morgan fingerprint density at radius 3 is 2.60 bits per heavy atom. The van der Waals surface area contributed by atoms with Crippen molar-refractivity contribution in [1.82, 2.24) is 0 Å². The predicted octanol–water partition coefficient (Wildman–Crippen LogP) is 4.35. The molecule has 2 nitrogen and oxygen atoms in total. The zero-order valence-electron chi connectivity index (χ0n) is 13.9. The molecule has 1 aromatic carbocycles. The fourth-order valence-electron chi connectivity index (χ4n) is 6.00. The number of phenols is 1. The van der Waals surface area contributed by atoms with E-state index >= 15 is 4.39 Å². The van der Waals surface area contributed by atoms with Crippen molar-refractivity contribution in [3.8, 4) is 5.75 Å². The molecule has 0 unspecified atom stereocenters. The van der Waals surface area contributed by atoms with Gasteiger partial charge in [0.25, 0.3) is 0 Å². The van der Waals surface area contributed by atoms with E-state index in [9.17, 15) is 23.4 Å². The number of alkyl halides is 4. The van der Waals surface area contributed by atoms with Crippen LogP contribution in [0, 0.1) is 23.2 Å². The second-order valence-electron chi connectivity index (χ2n) is 8.41. The lowest BCUT2D eigenvalue weighted by Gasteiger charge is -2.53. The molecule has 4 rings (SSSR count). The molecule has 0 saturated heterocycles. The SMILES string of the molecule is C[C@@]12C[C@H](O)C[C@H]1[C@H]1[C@@H](c3ccc(O)cc3C[C@H]1C(F)(F)F)[C@@H](F)C2. The van der Waals surface area contributed by atoms with Crippen molar-refractivity contribution in [2.75, 3.05) is 0 Å². The molecule has 0 aromatic heterocycles. The molecule has 0 amide bonds. The third kappa shape index (κ3) is 2.56. The van der Waals surface area contributed by atoms with Crippen LogP contribution in [0.1, 0.15) is 43.2 Å². The van der Waals surface area contributed by atoms with E-state index in [2.05, 4.69) is 0 Å². The lowest BCUT2D eigenvalue weighted by molar-refractivity contribution is -0.211. The first-order chi connectivity index (χ1) is 11.6. The molecule has 138 valence electrons. The third-order valence-corrected chi connectivity index (χ3v) is 6.86. The first-order valence-electron chi connectivity index (χ1n) is 8.81. The van der Waals surface area contributed by atoms with Crippen LogP contribution in [0.4, 0.5) is 17.6 Å². The zero-order chi connectivity index (χ0) is 18.1. The van der Waals surface area contributed by atoms with Crippen LogP contribution in [0.2, 0.25) is 0 Å². The molecule has 0 aliphatic heterocycles. The molecule has 0 radical (unpaired) electrons. The number of aliphatic hydroxyl groups excluding tert-OH is 1. The van der Waals surface area contributed by atoms with Crippen LogP contribution >= 0.6 is 0 Å². The molecule has 0 heterocycles. The maximum Gasteiger partial charge on any atom is 0.392 e. The van der Waals surface area contributed by atoms with Crippen LogP contribution in [0.5, 0.6) is 5.75 Å². The summed E-state index contributed by atoms with van der Waals surface area (Å²) in [4.78, 5) is 0. The maximum absolute atomic E-state index is 15.2. The Bertz CT molecular complexity index is 688. The highest BCUT2D eigenvalue weighted by Crippen LogP contribution is 2.64. The van der Waals surface area contributed by atoms with Crippen LogP contribution in [0.15, 0.2) is 18.2 Å². The molecule has 2 fully saturated rings. The Kier molecular flexibility index (Phi) is 3.67. The van der Waals surface area contributed by atoms with Crippen molar-refractivity contribution in [2.45, 2.75) is 57.0 Å². The minimum Gasteiger partial charge on any atom is -0.508 e. The molecule has 6 heteroatoms. The molecular formula is C19H22F4O2. The van der Waals surface area contributed by atoms with Gasteiger partial charge in [0.2, 0.25) is 0 Å². The van der Waals surface area contributed by atoms with E-state index in [0.717, 1.165) is 0 Å². The van der Waals surface area contributed by atoms with E-state index in [-0.39, 0.29) is 24.5 Å². The Balaban J connectivity index is 1.86. The fraction of sp³-hybridized carbons (Fsp3) is 0.684. The van der Waals surface area contributed by atoms with E-state index < -0.39 is 41.6 Å². The third-order valence-electron chi connectivity index (χ3n) is 6.86. The molecule has 2 N–H and O–H groups in total. The summed E-state index contributed by atoms with van der Waals surface area (Å²) < 4.78 is 56.8. The van der Waals surface area contributed by atoms with Gasteiger partial charge in [-0.3, -0.25) is 0 Å². The van der Waals surface area contributed by atoms with E-state index in [1.54, 1.807) is 6.07 Å². The van der Waals surface area contributed by atoms with E-state index in [4.69, 9.17) is 0 Å². The second kappa shape index (κ2) is 5.35. The summed E-state index contributed by atoms with van der Waals surface area (Å²) in [5.41, 5.74) is 0.408. The van der Waals surface area contributed by atoms with E-state index in [1.807, 2.05) is 6.92 Å². The summed E-state index contributed by atoms with van der Waals surface area (Å²) in [6.07, 6.45) is -5.83. The Labute approximate surface area is 143 Å². The van der Waals surface area contributed by atoms with Gasteiger partial charge >= 0.3 is 6.18 Å². The van der Waals surface area contributed by atoms with Gasteiger partial charge in [-0.25, -0.2) is 4.39 Å². The second-order valence-corrected chi connectivity index (χ2v) is 8.41. The van der Waals surface area contributed by atoms with Crippen LogP contribution in [-0.4, -0.2) is 28.7 Å². The summed E-state index contributed by atoms with van der Waals surface area (Å²) in [6.45, 7) is 1.83. The highest BCUT2D eigenvalue weighted by molar-refractivity contribution is 5.41. The number of halogens is 4. The number of aromatic hydroxyl groups is 1. The van der Waals surface area contributed by atoms with Gasteiger partial charge in [0.15, 0.2) is 0 Å². The first-order valence-corrected chi connectivity index (χ1v) is 8.81. The molecule has 7 atom stereocenters. The first kappa shape index (κ1) is 17.1. The molecule has 1 aromatic rings. The van der Waals surface area contributed by atoms with Crippen molar-refractivity contribution in [3.05, 3.63) is 29.3 Å². The number of rotatable bonds is 0. The van der Waals surface area contributed by atoms with Gasteiger partial charge < -0.3 is 10.2 Å². The van der Waals surface area contributed by atoms with Gasteiger partial charge in [0.1, 0.15) is 11.9 Å². The number of phenolic OH excluding ortho intramolecular Hbond substituents is 1. The fourth-order valence-corrected chi connectivity index (χ4v) is 6.00. The average molecular weight is 358 g/mol. The van der Waals surface area contributed by atoms with Crippen LogP contribution in [0.3, 0.4) is 0 Å². The average Bonchev–Trinajstić information content (AvgIpc) is 2.78. The largest absolute Gasteiger partial charge is 0.508 e. The van der Waals surface area contributed by atoms with Gasteiger partial charge in [0, 0.05) is 5.92 Å². The number of hydrogen-bond acceptors (Lipinski definition) is 2. The monoisotopic (exact) mass is 358 g/mol. The van der Waals surface area contributed by atoms with Gasteiger partial charge in [-0.15, -0.1) is 0 Å². The summed E-state index contributed by atoms with van der Waals surface area (Å²) in [7, 11) is 0. The van der Waals surface area contributed by atoms with Gasteiger partial charge in [-0.1, -0.05) is 13.0 Å². The topological polar surface area (TPSA) is 40.5 Å². The molecule has 3 aliphatic rings. The highest BCUT2D eigenvalue weighted by atomic mass is 19.4. The number of fused-ring (bicyclic) bond motifs is 5. The summed E-state index contributed by atoms with van der Waals surface area (Å²) >= 11 is 0. The maximum atomic E-state index is 15.2. The Morgan fingerprint density at radius 2 is 1.92 bits per heavy atom. The molecule has 25 heavy (non-hydrogen) atoms. The molecule has 3 aliphatic carbocycles. The van der Waals surface area contributed by atoms with E-state index in [1.165, 1.54) is 12.1 Å². The minimum atomic E-state index is -4.43. The number of benzene rings is 1. The van der Waals surface area contributed by atoms with Crippen molar-refractivity contribution in [2.24, 2.45) is 23.2 Å². The Morgan fingerprint density at radius 1 is 1.20 bits per heavy atom. The van der Waals surface area contributed by atoms with Gasteiger partial charge in [-0.05, 0) is 66.2 Å². The van der Waals surface area contributed by atoms with Crippen LogP contribution in [-0.2, 0) is 6.42 Å². The van der Waals surface area contributed by atoms with Gasteiger partial charge in [-0.2, -0.15) is 13.2 Å². The molecule has 0 bridgehead atoms. The van der Waals surface area contributed by atoms with Crippen molar-refractivity contribution >= 4 is 0 Å². The zero-order valence-corrected chi connectivity index (χ0v) is 13.9. The van der Waals surface area contributed by atoms with Crippen molar-refractivity contribution in [3.63, 3.8) is 0 Å². The molecule has 2 saturated carbocycles. The van der Waals surface area contributed by atoms with Crippen molar-refractivity contribution < 1.29 is 27.8 Å². The van der Waals surface area contributed by atoms with Crippen LogP contribution in [0.25, 0.3) is 0 Å². The summed E-state index contributed by atoms with van der Waals surface area (Å²) in [6, 6.07) is 4.34. The normalized spacial score (nSPS) is 43.3. The van der Waals surface area contributed by atoms with Gasteiger partial charge in [0.05, 0.1) is 12.0 Å². The van der Waals surface area contributed by atoms with E-state index in [0.29, 0.717) is 24.0 Å². The smallest absolute Gasteiger partial charge is 0.392 e. The summed E-state index contributed by atoms with van der Waals surface area (Å²) in [5.74, 6) is -3.75. The number of hydrogen-bond donors (Lipinski definition) is 2. The number of aliphatic hydroxyl groups is 1. The molecular weight excluding hydrogens is 336 g/mol. The Hall–Kier alpha value is -1.30. The molecule has 0 spiro atoms.